The third-order valence-electron chi connectivity index (χ3n) is 4.60. The molecule has 1 heterocycles. The second-order valence-corrected chi connectivity index (χ2v) is 6.35. The molecule has 1 atom stereocenters. The van der Waals surface area contributed by atoms with Crippen molar-refractivity contribution in [2.75, 3.05) is 0 Å². The molecule has 0 unspecified atom stereocenters. The third-order valence-corrected chi connectivity index (χ3v) is 4.60. The fourth-order valence-electron chi connectivity index (χ4n) is 2.88. The second-order valence-electron chi connectivity index (χ2n) is 6.35. The van der Waals surface area contributed by atoms with E-state index in [1.807, 2.05) is 32.0 Å². The Bertz CT molecular complexity index is 660. The quantitative estimate of drug-likeness (QED) is 0.858. The maximum atomic E-state index is 12.2. The van der Waals surface area contributed by atoms with Crippen molar-refractivity contribution in [1.82, 2.24) is 10.2 Å². The van der Waals surface area contributed by atoms with E-state index in [0.29, 0.717) is 5.89 Å². The highest BCUT2D eigenvalue weighted by molar-refractivity contribution is 5.96. The SMILES string of the molecule is CC(C)[C@H](N)C(=O)c1nnc(C2(c3ccccc3)CCC2)o1. The molecule has 1 fully saturated rings. The minimum Gasteiger partial charge on any atom is -0.417 e. The molecule has 1 saturated carbocycles. The van der Waals surface area contributed by atoms with Crippen molar-refractivity contribution in [3.63, 3.8) is 0 Å². The molecule has 1 aliphatic carbocycles. The molecule has 1 aliphatic rings. The molecule has 0 amide bonds. The van der Waals surface area contributed by atoms with E-state index in [1.54, 1.807) is 0 Å². The van der Waals surface area contributed by atoms with Gasteiger partial charge in [0, 0.05) is 0 Å². The van der Waals surface area contributed by atoms with Crippen LogP contribution < -0.4 is 5.73 Å². The van der Waals surface area contributed by atoms with Crippen molar-refractivity contribution >= 4 is 5.78 Å². The van der Waals surface area contributed by atoms with E-state index in [2.05, 4.69) is 22.3 Å². The van der Waals surface area contributed by atoms with Gasteiger partial charge in [0.1, 0.15) is 0 Å². The summed E-state index contributed by atoms with van der Waals surface area (Å²) in [5.74, 6) is 0.314. The molecule has 5 heteroatoms. The van der Waals surface area contributed by atoms with Crippen LogP contribution in [0.4, 0.5) is 0 Å². The number of nitrogens with two attached hydrogens (primary N) is 1. The Hall–Kier alpha value is -2.01. The van der Waals surface area contributed by atoms with Crippen LogP contribution in [0.3, 0.4) is 0 Å². The molecule has 1 aromatic heterocycles. The standard InChI is InChI=1S/C17H21N3O2/c1-11(2)13(18)14(21)15-19-20-16(22-15)17(9-6-10-17)12-7-4-3-5-8-12/h3-5,7-8,11,13H,6,9-10,18H2,1-2H3/t13-/m0/s1. The van der Waals surface area contributed by atoms with Crippen LogP contribution in [0, 0.1) is 5.92 Å². The number of nitrogens with zero attached hydrogens (tertiary/aromatic N) is 2. The van der Waals surface area contributed by atoms with Crippen molar-refractivity contribution in [2.45, 2.75) is 44.6 Å². The Balaban J connectivity index is 1.91. The summed E-state index contributed by atoms with van der Waals surface area (Å²) in [7, 11) is 0. The summed E-state index contributed by atoms with van der Waals surface area (Å²) >= 11 is 0. The summed E-state index contributed by atoms with van der Waals surface area (Å²) in [5, 5.41) is 8.10. The minimum absolute atomic E-state index is 0.0263. The van der Waals surface area contributed by atoms with E-state index >= 15 is 0 Å². The monoisotopic (exact) mass is 299 g/mol. The number of hydrogen-bond donors (Lipinski definition) is 1. The van der Waals surface area contributed by atoms with Crippen molar-refractivity contribution in [3.8, 4) is 0 Å². The first-order valence-electron chi connectivity index (χ1n) is 7.74. The molecule has 5 nitrogen and oxygen atoms in total. The summed E-state index contributed by atoms with van der Waals surface area (Å²) < 4.78 is 5.73. The zero-order valence-electron chi connectivity index (χ0n) is 13.0. The lowest BCUT2D eigenvalue weighted by Crippen LogP contribution is -2.36. The maximum Gasteiger partial charge on any atom is 0.285 e. The predicted molar refractivity (Wildman–Crippen MR) is 82.5 cm³/mol. The van der Waals surface area contributed by atoms with Crippen LogP contribution >= 0.6 is 0 Å². The van der Waals surface area contributed by atoms with Crippen molar-refractivity contribution in [2.24, 2.45) is 11.7 Å². The normalized spacial score (nSPS) is 18.0. The molecule has 116 valence electrons. The second kappa shape index (κ2) is 5.65. The van der Waals surface area contributed by atoms with Gasteiger partial charge in [-0.15, -0.1) is 10.2 Å². The molecule has 0 radical (unpaired) electrons. The van der Waals surface area contributed by atoms with Crippen LogP contribution in [0.1, 0.15) is 55.2 Å². The van der Waals surface area contributed by atoms with E-state index in [1.165, 1.54) is 0 Å². The number of aromatic nitrogens is 2. The summed E-state index contributed by atoms with van der Waals surface area (Å²) in [6.45, 7) is 3.80. The molecule has 22 heavy (non-hydrogen) atoms. The molecule has 0 saturated heterocycles. The fourth-order valence-corrected chi connectivity index (χ4v) is 2.88. The number of rotatable bonds is 5. The molecule has 0 bridgehead atoms. The van der Waals surface area contributed by atoms with Crippen LogP contribution in [0.5, 0.6) is 0 Å². The summed E-state index contributed by atoms with van der Waals surface area (Å²) in [5.41, 5.74) is 6.81. The molecule has 1 aromatic carbocycles. The average molecular weight is 299 g/mol. The molecule has 0 aliphatic heterocycles. The van der Waals surface area contributed by atoms with Gasteiger partial charge >= 0.3 is 0 Å². The molecule has 2 N–H and O–H groups in total. The fraction of sp³-hybridized carbons (Fsp3) is 0.471. The molecule has 3 rings (SSSR count). The van der Waals surface area contributed by atoms with Crippen LogP contribution in [0.2, 0.25) is 0 Å². The molecular weight excluding hydrogens is 278 g/mol. The first-order valence-corrected chi connectivity index (χ1v) is 7.74. The van der Waals surface area contributed by atoms with E-state index in [9.17, 15) is 4.79 Å². The smallest absolute Gasteiger partial charge is 0.285 e. The van der Waals surface area contributed by atoms with Gasteiger partial charge < -0.3 is 10.2 Å². The van der Waals surface area contributed by atoms with Crippen LogP contribution in [0.25, 0.3) is 0 Å². The largest absolute Gasteiger partial charge is 0.417 e. The Morgan fingerprint density at radius 2 is 1.91 bits per heavy atom. The molecular formula is C17H21N3O2. The maximum absolute atomic E-state index is 12.2. The number of carbonyl (C=O) groups excluding carboxylic acids is 1. The summed E-state index contributed by atoms with van der Waals surface area (Å²) in [6.07, 6.45) is 3.04. The van der Waals surface area contributed by atoms with E-state index < -0.39 is 6.04 Å². The van der Waals surface area contributed by atoms with Gasteiger partial charge in [-0.2, -0.15) is 0 Å². The number of ketones is 1. The topological polar surface area (TPSA) is 82.0 Å². The van der Waals surface area contributed by atoms with E-state index in [-0.39, 0.29) is 23.0 Å². The average Bonchev–Trinajstić information content (AvgIpc) is 2.95. The lowest BCUT2D eigenvalue weighted by Gasteiger charge is -2.39. The summed E-state index contributed by atoms with van der Waals surface area (Å²) in [6, 6.07) is 9.54. The Kier molecular flexibility index (Phi) is 3.83. The Morgan fingerprint density at radius 1 is 1.23 bits per heavy atom. The van der Waals surface area contributed by atoms with E-state index in [4.69, 9.17) is 10.2 Å². The number of hydrogen-bond acceptors (Lipinski definition) is 5. The third kappa shape index (κ3) is 2.35. The highest BCUT2D eigenvalue weighted by atomic mass is 16.4. The van der Waals surface area contributed by atoms with Crippen LogP contribution in [-0.2, 0) is 5.41 Å². The van der Waals surface area contributed by atoms with Gasteiger partial charge in [-0.3, -0.25) is 4.79 Å². The van der Waals surface area contributed by atoms with Gasteiger partial charge in [-0.25, -0.2) is 0 Å². The van der Waals surface area contributed by atoms with Gasteiger partial charge in [0.25, 0.3) is 5.89 Å². The van der Waals surface area contributed by atoms with Gasteiger partial charge in [-0.05, 0) is 24.3 Å². The zero-order valence-corrected chi connectivity index (χ0v) is 13.0. The summed E-state index contributed by atoms with van der Waals surface area (Å²) in [4.78, 5) is 12.2. The number of Topliss-reactive ketones (excluding diaryl/α,β-unsaturated/α-hetero) is 1. The number of carbonyl (C=O) groups is 1. The highest BCUT2D eigenvalue weighted by Crippen LogP contribution is 2.48. The van der Waals surface area contributed by atoms with Gasteiger partial charge in [0.05, 0.1) is 11.5 Å². The van der Waals surface area contributed by atoms with Gasteiger partial charge in [0.15, 0.2) is 0 Å². The highest BCUT2D eigenvalue weighted by Gasteiger charge is 2.45. The molecule has 2 aromatic rings. The van der Waals surface area contributed by atoms with Crippen molar-refractivity contribution < 1.29 is 9.21 Å². The van der Waals surface area contributed by atoms with Crippen LogP contribution in [0.15, 0.2) is 34.7 Å². The number of benzene rings is 1. The zero-order chi connectivity index (χ0) is 15.7. The first-order chi connectivity index (χ1) is 10.5. The molecule has 0 spiro atoms. The van der Waals surface area contributed by atoms with Gasteiger partial charge in [0.2, 0.25) is 11.7 Å². The van der Waals surface area contributed by atoms with E-state index in [0.717, 1.165) is 24.8 Å². The van der Waals surface area contributed by atoms with Crippen molar-refractivity contribution in [1.29, 1.82) is 0 Å². The predicted octanol–water partition coefficient (Wildman–Crippen LogP) is 2.71. The lowest BCUT2D eigenvalue weighted by atomic mass is 9.64. The Morgan fingerprint density at radius 3 is 2.45 bits per heavy atom. The van der Waals surface area contributed by atoms with Crippen molar-refractivity contribution in [3.05, 3.63) is 47.7 Å². The van der Waals surface area contributed by atoms with Gasteiger partial charge in [-0.1, -0.05) is 50.6 Å². The Labute approximate surface area is 129 Å². The lowest BCUT2D eigenvalue weighted by molar-refractivity contribution is 0.0899. The van der Waals surface area contributed by atoms with Crippen LogP contribution in [-0.4, -0.2) is 22.0 Å². The minimum atomic E-state index is -0.609. The first kappa shape index (κ1) is 14.9.